The average molecular weight is 327 g/mol. The smallest absolute Gasteiger partial charge is 0.319 e. The fourth-order valence-electron chi connectivity index (χ4n) is 2.35. The number of hydrogen-bond donors (Lipinski definition) is 3. The van der Waals surface area contributed by atoms with E-state index in [9.17, 15) is 4.79 Å². The number of benzene rings is 2. The summed E-state index contributed by atoms with van der Waals surface area (Å²) in [5.41, 5.74) is 2.96. The van der Waals surface area contributed by atoms with Crippen LogP contribution >= 0.6 is 0 Å². The van der Waals surface area contributed by atoms with Crippen molar-refractivity contribution in [2.24, 2.45) is 0 Å². The highest BCUT2D eigenvalue weighted by Crippen LogP contribution is 2.18. The lowest BCUT2D eigenvalue weighted by Crippen LogP contribution is -2.34. The lowest BCUT2D eigenvalue weighted by atomic mass is 10.1. The first-order chi connectivity index (χ1) is 11.6. The number of amides is 2. The van der Waals surface area contributed by atoms with E-state index in [1.165, 1.54) is 5.56 Å². The maximum atomic E-state index is 11.6. The summed E-state index contributed by atoms with van der Waals surface area (Å²) in [5, 5.41) is 8.97. The minimum Gasteiger partial charge on any atom is -0.496 e. The zero-order valence-electron chi connectivity index (χ0n) is 14.4. The van der Waals surface area contributed by atoms with Gasteiger partial charge in [-0.3, -0.25) is 0 Å². The summed E-state index contributed by atoms with van der Waals surface area (Å²) in [7, 11) is 1.69. The molecule has 2 amide bonds. The summed E-state index contributed by atoms with van der Waals surface area (Å²) in [4.78, 5) is 11.6. The molecule has 128 valence electrons. The van der Waals surface area contributed by atoms with E-state index in [0.29, 0.717) is 0 Å². The Morgan fingerprint density at radius 1 is 1.04 bits per heavy atom. The molecule has 0 aliphatic heterocycles. The minimum atomic E-state index is -0.193. The van der Waals surface area contributed by atoms with Gasteiger partial charge in [-0.25, -0.2) is 4.79 Å². The first kappa shape index (κ1) is 17.7. The lowest BCUT2D eigenvalue weighted by Gasteiger charge is -2.12. The van der Waals surface area contributed by atoms with Crippen LogP contribution in [0.25, 0.3) is 0 Å². The molecule has 0 spiro atoms. The Morgan fingerprint density at radius 2 is 1.71 bits per heavy atom. The molecule has 3 N–H and O–H groups in total. The van der Waals surface area contributed by atoms with Crippen LogP contribution in [0.2, 0.25) is 0 Å². The third-order valence-electron chi connectivity index (χ3n) is 3.48. The van der Waals surface area contributed by atoms with Gasteiger partial charge in [-0.2, -0.15) is 0 Å². The number of anilines is 2. The van der Waals surface area contributed by atoms with Crippen molar-refractivity contribution < 1.29 is 9.53 Å². The standard InChI is InChI=1S/C19H25N3O2/c1-14(2)21-19(23)22-17-10-8-16(9-11-17)20-13-12-15-6-4-5-7-18(15)24-3/h4-11,14,20H,12-13H2,1-3H3,(H2,21,22,23). The van der Waals surface area contributed by atoms with E-state index >= 15 is 0 Å². The van der Waals surface area contributed by atoms with Gasteiger partial charge in [0.2, 0.25) is 0 Å². The highest BCUT2D eigenvalue weighted by Gasteiger charge is 2.04. The van der Waals surface area contributed by atoms with Gasteiger partial charge in [0, 0.05) is 24.0 Å². The molecule has 0 aliphatic rings. The number of carbonyl (C=O) groups is 1. The van der Waals surface area contributed by atoms with Crippen LogP contribution < -0.4 is 20.7 Å². The van der Waals surface area contributed by atoms with Crippen molar-refractivity contribution in [1.82, 2.24) is 5.32 Å². The van der Waals surface area contributed by atoms with Gasteiger partial charge in [0.1, 0.15) is 5.75 Å². The number of rotatable bonds is 7. The second kappa shape index (κ2) is 8.82. The van der Waals surface area contributed by atoms with Crippen LogP contribution in [0.15, 0.2) is 48.5 Å². The van der Waals surface area contributed by atoms with E-state index in [2.05, 4.69) is 22.0 Å². The molecular formula is C19H25N3O2. The zero-order chi connectivity index (χ0) is 17.4. The van der Waals surface area contributed by atoms with Crippen molar-refractivity contribution in [3.05, 3.63) is 54.1 Å². The number of carbonyl (C=O) groups excluding carboxylic acids is 1. The Hall–Kier alpha value is -2.69. The second-order valence-electron chi connectivity index (χ2n) is 5.82. The predicted octanol–water partition coefficient (Wildman–Crippen LogP) is 3.88. The fourth-order valence-corrected chi connectivity index (χ4v) is 2.35. The first-order valence-corrected chi connectivity index (χ1v) is 8.12. The SMILES string of the molecule is COc1ccccc1CCNc1ccc(NC(=O)NC(C)C)cc1. The van der Waals surface area contributed by atoms with Crippen LogP contribution in [0.1, 0.15) is 19.4 Å². The number of para-hydroxylation sites is 1. The number of hydrogen-bond acceptors (Lipinski definition) is 3. The van der Waals surface area contributed by atoms with E-state index in [0.717, 1.165) is 30.1 Å². The molecule has 5 heteroatoms. The largest absolute Gasteiger partial charge is 0.496 e. The van der Waals surface area contributed by atoms with Crippen molar-refractivity contribution in [3.8, 4) is 5.75 Å². The van der Waals surface area contributed by atoms with E-state index in [1.807, 2.05) is 56.3 Å². The van der Waals surface area contributed by atoms with E-state index in [4.69, 9.17) is 4.74 Å². The maximum absolute atomic E-state index is 11.6. The summed E-state index contributed by atoms with van der Waals surface area (Å²) in [6.07, 6.45) is 0.876. The summed E-state index contributed by atoms with van der Waals surface area (Å²) in [6, 6.07) is 15.6. The van der Waals surface area contributed by atoms with Crippen LogP contribution in [0.5, 0.6) is 5.75 Å². The van der Waals surface area contributed by atoms with Gasteiger partial charge in [0.15, 0.2) is 0 Å². The quantitative estimate of drug-likeness (QED) is 0.723. The van der Waals surface area contributed by atoms with Crippen LogP contribution in [-0.4, -0.2) is 25.7 Å². The number of methoxy groups -OCH3 is 1. The van der Waals surface area contributed by atoms with E-state index in [1.54, 1.807) is 7.11 Å². The van der Waals surface area contributed by atoms with Crippen molar-refractivity contribution in [3.63, 3.8) is 0 Å². The average Bonchev–Trinajstić information content (AvgIpc) is 2.56. The molecule has 0 aliphatic carbocycles. The third kappa shape index (κ3) is 5.50. The number of urea groups is 1. The topological polar surface area (TPSA) is 62.4 Å². The van der Waals surface area contributed by atoms with Crippen molar-refractivity contribution in [2.75, 3.05) is 24.3 Å². The summed E-state index contributed by atoms with van der Waals surface area (Å²) in [6.45, 7) is 4.66. The fraction of sp³-hybridized carbons (Fsp3) is 0.316. The maximum Gasteiger partial charge on any atom is 0.319 e. The van der Waals surface area contributed by atoms with Crippen molar-refractivity contribution in [2.45, 2.75) is 26.3 Å². The van der Waals surface area contributed by atoms with Crippen molar-refractivity contribution in [1.29, 1.82) is 0 Å². The van der Waals surface area contributed by atoms with Gasteiger partial charge in [0.05, 0.1) is 7.11 Å². The van der Waals surface area contributed by atoms with Gasteiger partial charge in [0.25, 0.3) is 0 Å². The monoisotopic (exact) mass is 327 g/mol. The van der Waals surface area contributed by atoms with Crippen LogP contribution in [0, 0.1) is 0 Å². The molecule has 0 radical (unpaired) electrons. The summed E-state index contributed by atoms with van der Waals surface area (Å²) >= 11 is 0. The highest BCUT2D eigenvalue weighted by molar-refractivity contribution is 5.89. The second-order valence-corrected chi connectivity index (χ2v) is 5.82. The Kier molecular flexibility index (Phi) is 6.49. The Bertz CT molecular complexity index is 654. The van der Waals surface area contributed by atoms with Gasteiger partial charge < -0.3 is 20.7 Å². The van der Waals surface area contributed by atoms with Gasteiger partial charge >= 0.3 is 6.03 Å². The molecule has 0 fully saturated rings. The molecule has 2 rings (SSSR count). The molecule has 0 heterocycles. The summed E-state index contributed by atoms with van der Waals surface area (Å²) in [5.74, 6) is 0.912. The Labute approximate surface area is 143 Å². The van der Waals surface area contributed by atoms with Gasteiger partial charge in [-0.1, -0.05) is 18.2 Å². The summed E-state index contributed by atoms with van der Waals surface area (Å²) < 4.78 is 5.35. The minimum absolute atomic E-state index is 0.112. The van der Waals surface area contributed by atoms with Crippen molar-refractivity contribution >= 4 is 17.4 Å². The van der Waals surface area contributed by atoms with Crippen LogP contribution in [-0.2, 0) is 6.42 Å². The highest BCUT2D eigenvalue weighted by atomic mass is 16.5. The van der Waals surface area contributed by atoms with E-state index < -0.39 is 0 Å². The number of nitrogens with one attached hydrogen (secondary N) is 3. The molecule has 2 aromatic carbocycles. The predicted molar refractivity (Wildman–Crippen MR) is 98.9 cm³/mol. The molecular weight excluding hydrogens is 302 g/mol. The lowest BCUT2D eigenvalue weighted by molar-refractivity contribution is 0.250. The Morgan fingerprint density at radius 3 is 2.38 bits per heavy atom. The molecule has 0 bridgehead atoms. The number of ether oxygens (including phenoxy) is 1. The Balaban J connectivity index is 1.82. The van der Waals surface area contributed by atoms with E-state index in [-0.39, 0.29) is 12.1 Å². The molecule has 0 atom stereocenters. The zero-order valence-corrected chi connectivity index (χ0v) is 14.4. The molecule has 2 aromatic rings. The third-order valence-corrected chi connectivity index (χ3v) is 3.48. The molecule has 0 saturated heterocycles. The first-order valence-electron chi connectivity index (χ1n) is 8.12. The van der Waals surface area contributed by atoms with Gasteiger partial charge in [-0.05, 0) is 56.2 Å². The molecule has 24 heavy (non-hydrogen) atoms. The molecule has 0 aromatic heterocycles. The molecule has 0 unspecified atom stereocenters. The van der Waals surface area contributed by atoms with Gasteiger partial charge in [-0.15, -0.1) is 0 Å². The normalized spacial score (nSPS) is 10.3. The van der Waals surface area contributed by atoms with Crippen LogP contribution in [0.4, 0.5) is 16.2 Å². The molecule has 5 nitrogen and oxygen atoms in total. The van der Waals surface area contributed by atoms with Crippen LogP contribution in [0.3, 0.4) is 0 Å². The molecule has 0 saturated carbocycles.